The first-order valence-corrected chi connectivity index (χ1v) is 6.27. The lowest BCUT2D eigenvalue weighted by Gasteiger charge is -2.05. The lowest BCUT2D eigenvalue weighted by molar-refractivity contribution is 0.426. The SMILES string of the molecule is Fc1ccccc1Oc1nc2ccccn2c1CCl. The minimum atomic E-state index is -0.430. The molecule has 0 aliphatic rings. The Balaban J connectivity index is 2.08. The molecule has 2 aromatic heterocycles. The summed E-state index contributed by atoms with van der Waals surface area (Å²) in [7, 11) is 0. The summed E-state index contributed by atoms with van der Waals surface area (Å²) in [6, 6.07) is 11.8. The standard InChI is InChI=1S/C14H10ClFN2O/c15-9-11-14(17-13-7-3-4-8-18(11)13)19-12-6-2-1-5-10(12)16/h1-8H,9H2. The molecule has 19 heavy (non-hydrogen) atoms. The number of para-hydroxylation sites is 1. The van der Waals surface area contributed by atoms with E-state index in [1.54, 1.807) is 18.2 Å². The number of benzene rings is 1. The van der Waals surface area contributed by atoms with Crippen LogP contribution in [-0.2, 0) is 5.88 Å². The third-order valence-corrected chi connectivity index (χ3v) is 3.02. The maximum absolute atomic E-state index is 13.6. The van der Waals surface area contributed by atoms with Gasteiger partial charge in [-0.05, 0) is 24.3 Å². The molecule has 0 atom stereocenters. The van der Waals surface area contributed by atoms with E-state index in [4.69, 9.17) is 16.3 Å². The van der Waals surface area contributed by atoms with Crippen LogP contribution in [0.25, 0.3) is 5.65 Å². The van der Waals surface area contributed by atoms with Crippen molar-refractivity contribution in [3.63, 3.8) is 0 Å². The van der Waals surface area contributed by atoms with Crippen LogP contribution in [0.1, 0.15) is 5.69 Å². The van der Waals surface area contributed by atoms with E-state index in [-0.39, 0.29) is 11.6 Å². The average Bonchev–Trinajstić information content (AvgIpc) is 2.78. The van der Waals surface area contributed by atoms with E-state index in [1.807, 2.05) is 28.8 Å². The molecule has 0 radical (unpaired) electrons. The van der Waals surface area contributed by atoms with Gasteiger partial charge in [0, 0.05) is 6.20 Å². The molecule has 0 N–H and O–H groups in total. The Bertz CT molecular complexity index is 726. The molecule has 0 aliphatic carbocycles. The van der Waals surface area contributed by atoms with E-state index >= 15 is 0 Å². The van der Waals surface area contributed by atoms with Gasteiger partial charge in [-0.15, -0.1) is 11.6 Å². The van der Waals surface area contributed by atoms with E-state index in [9.17, 15) is 4.39 Å². The van der Waals surface area contributed by atoms with Gasteiger partial charge >= 0.3 is 0 Å². The second-order valence-electron chi connectivity index (χ2n) is 3.96. The smallest absolute Gasteiger partial charge is 0.242 e. The molecular weight excluding hydrogens is 267 g/mol. The maximum atomic E-state index is 13.6. The molecule has 0 bridgehead atoms. The van der Waals surface area contributed by atoms with Crippen LogP contribution in [0.5, 0.6) is 11.6 Å². The van der Waals surface area contributed by atoms with E-state index in [0.717, 1.165) is 0 Å². The number of imidazole rings is 1. The van der Waals surface area contributed by atoms with Crippen LogP contribution in [0.15, 0.2) is 48.7 Å². The van der Waals surface area contributed by atoms with E-state index in [1.165, 1.54) is 6.07 Å². The van der Waals surface area contributed by atoms with Gasteiger partial charge in [0.1, 0.15) is 11.3 Å². The van der Waals surface area contributed by atoms with Crippen molar-refractivity contribution in [2.24, 2.45) is 0 Å². The number of hydrogen-bond acceptors (Lipinski definition) is 2. The molecule has 0 saturated carbocycles. The summed E-state index contributed by atoms with van der Waals surface area (Å²) in [6.07, 6.45) is 1.84. The highest BCUT2D eigenvalue weighted by Gasteiger charge is 2.14. The zero-order valence-electron chi connectivity index (χ0n) is 9.88. The number of alkyl halides is 1. The molecule has 3 nitrogen and oxygen atoms in total. The third-order valence-electron chi connectivity index (χ3n) is 2.76. The van der Waals surface area contributed by atoms with Crippen LogP contribution < -0.4 is 4.74 Å². The van der Waals surface area contributed by atoms with Crippen molar-refractivity contribution < 1.29 is 9.13 Å². The number of nitrogens with zero attached hydrogens (tertiary/aromatic N) is 2. The second kappa shape index (κ2) is 4.90. The number of halogens is 2. The third kappa shape index (κ3) is 2.15. The first-order chi connectivity index (χ1) is 9.29. The fraction of sp³-hybridized carbons (Fsp3) is 0.0714. The Morgan fingerprint density at radius 3 is 2.74 bits per heavy atom. The number of rotatable bonds is 3. The van der Waals surface area contributed by atoms with Gasteiger partial charge in [-0.3, -0.25) is 4.40 Å². The van der Waals surface area contributed by atoms with Crippen molar-refractivity contribution in [3.8, 4) is 11.6 Å². The summed E-state index contributed by atoms with van der Waals surface area (Å²) < 4.78 is 20.9. The van der Waals surface area contributed by atoms with Crippen LogP contribution in [0.3, 0.4) is 0 Å². The Labute approximate surface area is 114 Å². The van der Waals surface area contributed by atoms with Gasteiger partial charge in [0.2, 0.25) is 5.88 Å². The zero-order valence-corrected chi connectivity index (χ0v) is 10.6. The lowest BCUT2D eigenvalue weighted by Crippen LogP contribution is -1.93. The summed E-state index contributed by atoms with van der Waals surface area (Å²) >= 11 is 5.92. The Hall–Kier alpha value is -2.07. The predicted octanol–water partition coefficient (Wildman–Crippen LogP) is 4.00. The highest BCUT2D eigenvalue weighted by molar-refractivity contribution is 6.17. The van der Waals surface area contributed by atoms with Crippen LogP contribution in [-0.4, -0.2) is 9.38 Å². The number of aromatic nitrogens is 2. The highest BCUT2D eigenvalue weighted by Crippen LogP contribution is 2.28. The van der Waals surface area contributed by atoms with Crippen molar-refractivity contribution in [1.82, 2.24) is 9.38 Å². The molecule has 3 rings (SSSR count). The fourth-order valence-corrected chi connectivity index (χ4v) is 2.10. The average molecular weight is 277 g/mol. The Morgan fingerprint density at radius 1 is 1.16 bits per heavy atom. The summed E-state index contributed by atoms with van der Waals surface area (Å²) in [6.45, 7) is 0. The maximum Gasteiger partial charge on any atom is 0.242 e. The summed E-state index contributed by atoms with van der Waals surface area (Å²) in [5.74, 6) is 0.262. The molecule has 3 aromatic rings. The quantitative estimate of drug-likeness (QED) is 0.676. The van der Waals surface area contributed by atoms with Gasteiger partial charge in [0.15, 0.2) is 11.6 Å². The van der Waals surface area contributed by atoms with Crippen molar-refractivity contribution in [2.75, 3.05) is 0 Å². The number of hydrogen-bond donors (Lipinski definition) is 0. The van der Waals surface area contributed by atoms with E-state index in [0.29, 0.717) is 17.2 Å². The molecule has 5 heteroatoms. The van der Waals surface area contributed by atoms with Crippen LogP contribution >= 0.6 is 11.6 Å². The van der Waals surface area contributed by atoms with Crippen LogP contribution in [0, 0.1) is 5.82 Å². The fourth-order valence-electron chi connectivity index (χ4n) is 1.86. The van der Waals surface area contributed by atoms with Gasteiger partial charge in [0.25, 0.3) is 0 Å². The molecule has 1 aromatic carbocycles. The van der Waals surface area contributed by atoms with Crippen LogP contribution in [0.4, 0.5) is 4.39 Å². The molecule has 0 amide bonds. The zero-order chi connectivity index (χ0) is 13.2. The molecular formula is C14H10ClFN2O. The Kier molecular flexibility index (Phi) is 3.09. The van der Waals surface area contributed by atoms with Crippen molar-refractivity contribution >= 4 is 17.2 Å². The van der Waals surface area contributed by atoms with Gasteiger partial charge < -0.3 is 4.74 Å². The van der Waals surface area contributed by atoms with E-state index in [2.05, 4.69) is 4.98 Å². The van der Waals surface area contributed by atoms with E-state index < -0.39 is 5.82 Å². The van der Waals surface area contributed by atoms with Gasteiger partial charge in [0.05, 0.1) is 5.88 Å². The molecule has 96 valence electrons. The van der Waals surface area contributed by atoms with Crippen LogP contribution in [0.2, 0.25) is 0 Å². The largest absolute Gasteiger partial charge is 0.434 e. The minimum absolute atomic E-state index is 0.136. The minimum Gasteiger partial charge on any atom is -0.434 e. The van der Waals surface area contributed by atoms with Gasteiger partial charge in [-0.2, -0.15) is 4.98 Å². The van der Waals surface area contributed by atoms with Crippen molar-refractivity contribution in [1.29, 1.82) is 0 Å². The van der Waals surface area contributed by atoms with Crippen molar-refractivity contribution in [3.05, 3.63) is 60.2 Å². The number of fused-ring (bicyclic) bond motifs is 1. The molecule has 0 unspecified atom stereocenters. The molecule has 0 saturated heterocycles. The second-order valence-corrected chi connectivity index (χ2v) is 4.23. The first-order valence-electron chi connectivity index (χ1n) is 5.74. The molecule has 0 aliphatic heterocycles. The summed E-state index contributed by atoms with van der Waals surface area (Å²) in [5, 5.41) is 0. The van der Waals surface area contributed by atoms with Gasteiger partial charge in [-0.25, -0.2) is 4.39 Å². The Morgan fingerprint density at radius 2 is 1.95 bits per heavy atom. The van der Waals surface area contributed by atoms with Gasteiger partial charge in [-0.1, -0.05) is 18.2 Å². The summed E-state index contributed by atoms with van der Waals surface area (Å²) in [5.41, 5.74) is 1.41. The number of ether oxygens (including phenoxy) is 1. The first kappa shape index (κ1) is 12.0. The molecule has 0 spiro atoms. The predicted molar refractivity (Wildman–Crippen MR) is 71.2 cm³/mol. The van der Waals surface area contributed by atoms with Crippen molar-refractivity contribution in [2.45, 2.75) is 5.88 Å². The monoisotopic (exact) mass is 276 g/mol. The number of pyridine rings is 1. The highest BCUT2D eigenvalue weighted by atomic mass is 35.5. The topological polar surface area (TPSA) is 26.5 Å². The normalized spacial score (nSPS) is 10.8. The lowest BCUT2D eigenvalue weighted by atomic mass is 10.3. The molecule has 2 heterocycles. The molecule has 0 fully saturated rings. The summed E-state index contributed by atoms with van der Waals surface area (Å²) in [4.78, 5) is 4.31.